The van der Waals surface area contributed by atoms with Gasteiger partial charge in [-0.3, -0.25) is 37.3 Å². The number of ether oxygens (including phenoxy) is 4. The van der Waals surface area contributed by atoms with Crippen molar-refractivity contribution in [3.63, 3.8) is 0 Å². The van der Waals surface area contributed by atoms with Crippen LogP contribution in [0.15, 0.2) is 36.5 Å². The number of esters is 4. The number of aliphatic hydroxyl groups excluding tert-OH is 1. The Balaban J connectivity index is 5.30. The minimum Gasteiger partial charge on any atom is -0.462 e. The number of carbonyl (C=O) groups excluding carboxylic acids is 4. The van der Waals surface area contributed by atoms with E-state index in [4.69, 9.17) is 37.0 Å². The monoisotopic (exact) mass is 1400 g/mol. The number of carbonyl (C=O) groups is 4. The smallest absolute Gasteiger partial charge is 0.462 e. The predicted molar refractivity (Wildman–Crippen MR) is 391 cm³/mol. The molecule has 0 aliphatic heterocycles. The minimum atomic E-state index is -4.97. The van der Waals surface area contributed by atoms with E-state index in [0.717, 1.165) is 148 Å². The number of rotatable bonds is 75. The highest BCUT2D eigenvalue weighted by Crippen LogP contribution is 2.45. The predicted octanol–water partition coefficient (Wildman–Crippen LogP) is 22.3. The Morgan fingerprint density at radius 3 is 0.729 bits per heavy atom. The fourth-order valence-corrected chi connectivity index (χ4v) is 12.6. The lowest BCUT2D eigenvalue weighted by Crippen LogP contribution is -2.30. The molecular formula is C77H144O17P2. The average molecular weight is 1400 g/mol. The zero-order valence-corrected chi connectivity index (χ0v) is 63.4. The molecule has 0 aromatic carbocycles. The molecule has 0 fully saturated rings. The van der Waals surface area contributed by atoms with Crippen LogP contribution < -0.4 is 0 Å². The molecule has 0 aliphatic carbocycles. The van der Waals surface area contributed by atoms with E-state index in [1.165, 1.54) is 148 Å². The van der Waals surface area contributed by atoms with Gasteiger partial charge in [-0.15, -0.1) is 0 Å². The summed E-state index contributed by atoms with van der Waals surface area (Å²) in [6, 6.07) is 0. The molecule has 96 heavy (non-hydrogen) atoms. The Labute approximate surface area is 585 Å². The molecule has 3 N–H and O–H groups in total. The van der Waals surface area contributed by atoms with Gasteiger partial charge in [-0.1, -0.05) is 282 Å². The largest absolute Gasteiger partial charge is 0.472 e. The molecule has 0 saturated carbocycles. The molecule has 0 aromatic rings. The van der Waals surface area contributed by atoms with Gasteiger partial charge in [0.25, 0.3) is 0 Å². The zero-order chi connectivity index (χ0) is 70.4. The van der Waals surface area contributed by atoms with Crippen molar-refractivity contribution in [2.75, 3.05) is 39.6 Å². The molecule has 17 nitrogen and oxygen atoms in total. The summed E-state index contributed by atoms with van der Waals surface area (Å²) in [5.41, 5.74) is 0. The molecule has 0 saturated heterocycles. The van der Waals surface area contributed by atoms with E-state index in [2.05, 4.69) is 64.2 Å². The van der Waals surface area contributed by atoms with Gasteiger partial charge >= 0.3 is 39.5 Å². The summed E-state index contributed by atoms with van der Waals surface area (Å²) in [5.74, 6) is -2.15. The van der Waals surface area contributed by atoms with E-state index < -0.39 is 97.5 Å². The number of allylic oxidation sites excluding steroid dienone is 6. The highest BCUT2D eigenvalue weighted by atomic mass is 31.2. The zero-order valence-electron chi connectivity index (χ0n) is 61.6. The number of hydrogen-bond acceptors (Lipinski definition) is 15. The van der Waals surface area contributed by atoms with Crippen LogP contribution in [0.25, 0.3) is 0 Å². The van der Waals surface area contributed by atoms with Crippen LogP contribution in [0.5, 0.6) is 0 Å². The van der Waals surface area contributed by atoms with E-state index in [0.29, 0.717) is 25.7 Å². The second kappa shape index (κ2) is 70.7. The van der Waals surface area contributed by atoms with Gasteiger partial charge in [-0.2, -0.15) is 0 Å². The fraction of sp³-hybridized carbons (Fsp3) is 0.870. The lowest BCUT2D eigenvalue weighted by atomic mass is 10.0. The minimum absolute atomic E-state index is 0.0903. The van der Waals surface area contributed by atoms with Crippen LogP contribution in [0.1, 0.15) is 374 Å². The summed E-state index contributed by atoms with van der Waals surface area (Å²) in [5, 5.41) is 10.6. The number of unbranched alkanes of at least 4 members (excludes halogenated alkanes) is 43. The number of phosphoric ester groups is 2. The van der Waals surface area contributed by atoms with Gasteiger partial charge in [-0.05, 0) is 103 Å². The van der Waals surface area contributed by atoms with Crippen molar-refractivity contribution in [1.82, 2.24) is 0 Å². The molecule has 19 heteroatoms. The molecule has 5 atom stereocenters. The molecule has 564 valence electrons. The van der Waals surface area contributed by atoms with Crippen molar-refractivity contribution in [2.24, 2.45) is 0 Å². The van der Waals surface area contributed by atoms with Crippen LogP contribution in [-0.4, -0.2) is 96.7 Å². The van der Waals surface area contributed by atoms with Crippen molar-refractivity contribution in [3.05, 3.63) is 36.5 Å². The van der Waals surface area contributed by atoms with Gasteiger partial charge in [0.15, 0.2) is 12.2 Å². The molecule has 0 spiro atoms. The Morgan fingerprint density at radius 1 is 0.281 bits per heavy atom. The molecule has 0 heterocycles. The molecule has 0 amide bonds. The third-order valence-electron chi connectivity index (χ3n) is 17.1. The van der Waals surface area contributed by atoms with Gasteiger partial charge < -0.3 is 33.8 Å². The van der Waals surface area contributed by atoms with Crippen molar-refractivity contribution < 1.29 is 80.2 Å². The highest BCUT2D eigenvalue weighted by Gasteiger charge is 2.30. The van der Waals surface area contributed by atoms with Gasteiger partial charge in [0, 0.05) is 25.7 Å². The van der Waals surface area contributed by atoms with E-state index in [1.54, 1.807) is 0 Å². The standard InChI is InChI=1S/C77H144O17P2/c1-5-9-13-17-21-25-29-33-35-39-42-46-50-54-58-62-75(80)88-68-72(93-76(81)63-59-55-51-47-43-38-32-28-24-20-16-12-8-4)69-91-95(83,84)89-65-71(78)66-90-96(85,86)92-70-73(67-87-74(79)61-57-53-49-45-41-37-31-27-23-19-15-11-7-3)94-77(82)64-60-56-52-48-44-40-36-34-30-26-22-18-14-10-6-2/h25-26,28-30,32,71-73,78H,5-24,27,31,33-70H2,1-4H3,(H,83,84)(H,85,86)/b29-25-,30-26-,32-28-/t71-,72-,73-/m1/s1. The molecular weight excluding hydrogens is 1260 g/mol. The van der Waals surface area contributed by atoms with Gasteiger partial charge in [0.1, 0.15) is 19.3 Å². The van der Waals surface area contributed by atoms with E-state index >= 15 is 0 Å². The quantitative estimate of drug-likeness (QED) is 0.0169. The topological polar surface area (TPSA) is 237 Å². The number of phosphoric acid groups is 2. The molecule has 0 radical (unpaired) electrons. The second-order valence-electron chi connectivity index (χ2n) is 26.7. The summed E-state index contributed by atoms with van der Waals surface area (Å²) in [6.45, 7) is 4.90. The lowest BCUT2D eigenvalue weighted by Gasteiger charge is -2.21. The first-order valence-electron chi connectivity index (χ1n) is 39.2. The van der Waals surface area contributed by atoms with Crippen LogP contribution >= 0.6 is 15.6 Å². The SMILES string of the molecule is CCCCCC/C=C\CCCCCCCCCC(=O)OC[C@H](COP(=O)(O)OC[C@@H](O)COP(=O)(O)OC[C@@H](COC(=O)CCCCCCCCCCCCCCC)OC(=O)CCCCCCCCC/C=C\CCCCCC)OC(=O)CCCCCCC/C=C\CCCCCC. The van der Waals surface area contributed by atoms with Crippen LogP contribution in [0.4, 0.5) is 0 Å². The number of hydrogen-bond donors (Lipinski definition) is 3. The van der Waals surface area contributed by atoms with Crippen LogP contribution in [0.2, 0.25) is 0 Å². The van der Waals surface area contributed by atoms with E-state index in [-0.39, 0.29) is 25.7 Å². The van der Waals surface area contributed by atoms with E-state index in [1.807, 2.05) is 0 Å². The first-order chi connectivity index (χ1) is 46.7. The molecule has 2 unspecified atom stereocenters. The fourth-order valence-electron chi connectivity index (χ4n) is 11.0. The summed E-state index contributed by atoms with van der Waals surface area (Å²) in [6.07, 6.45) is 65.5. The van der Waals surface area contributed by atoms with Crippen molar-refractivity contribution in [1.29, 1.82) is 0 Å². The lowest BCUT2D eigenvalue weighted by molar-refractivity contribution is -0.161. The van der Waals surface area contributed by atoms with Crippen LogP contribution in [0.3, 0.4) is 0 Å². The second-order valence-corrected chi connectivity index (χ2v) is 29.6. The van der Waals surface area contributed by atoms with Gasteiger partial charge in [0.05, 0.1) is 26.4 Å². The van der Waals surface area contributed by atoms with E-state index in [9.17, 15) is 43.2 Å². The third kappa shape index (κ3) is 69.7. The summed E-state index contributed by atoms with van der Waals surface area (Å²) < 4.78 is 68.5. The molecule has 0 bridgehead atoms. The maximum Gasteiger partial charge on any atom is 0.472 e. The normalized spacial score (nSPS) is 14.1. The average Bonchev–Trinajstić information content (AvgIpc) is 1.17. The van der Waals surface area contributed by atoms with Crippen LogP contribution in [0, 0.1) is 0 Å². The first-order valence-corrected chi connectivity index (χ1v) is 42.2. The first kappa shape index (κ1) is 93.3. The van der Waals surface area contributed by atoms with Crippen LogP contribution in [-0.2, 0) is 65.4 Å². The van der Waals surface area contributed by atoms with Gasteiger partial charge in [0.2, 0.25) is 0 Å². The Morgan fingerprint density at radius 2 is 0.479 bits per heavy atom. The van der Waals surface area contributed by atoms with Crippen molar-refractivity contribution in [3.8, 4) is 0 Å². The highest BCUT2D eigenvalue weighted by molar-refractivity contribution is 7.47. The molecule has 0 aliphatic rings. The molecule has 0 rings (SSSR count). The summed E-state index contributed by atoms with van der Waals surface area (Å²) >= 11 is 0. The van der Waals surface area contributed by atoms with Gasteiger partial charge in [-0.25, -0.2) is 9.13 Å². The van der Waals surface area contributed by atoms with Crippen molar-refractivity contribution in [2.45, 2.75) is 393 Å². The Kier molecular flexibility index (Phi) is 68.7. The maximum atomic E-state index is 13.1. The Bertz CT molecular complexity index is 1970. The Hall–Kier alpha value is -2.72. The van der Waals surface area contributed by atoms with Crippen molar-refractivity contribution >= 4 is 39.5 Å². The third-order valence-corrected chi connectivity index (χ3v) is 19.0. The summed E-state index contributed by atoms with van der Waals surface area (Å²) in [7, 11) is -9.93. The number of aliphatic hydroxyl groups is 1. The summed E-state index contributed by atoms with van der Waals surface area (Å²) in [4.78, 5) is 72.8. The maximum absolute atomic E-state index is 13.1. The molecule has 0 aromatic heterocycles.